The molecule has 4 aliphatic heterocycles. The molecular formula is C39H51N5O7. The molecule has 2 amide bonds. The number of carbonyl (C=O) groups excluding carboxylic acids is 3. The minimum Gasteiger partial charge on any atom is -0.507 e. The van der Waals surface area contributed by atoms with Crippen molar-refractivity contribution in [3.8, 4) is 29.1 Å². The van der Waals surface area contributed by atoms with Gasteiger partial charge >= 0.3 is 5.97 Å². The Balaban J connectivity index is 1.46. The zero-order chi connectivity index (χ0) is 36.7. The first-order valence-corrected chi connectivity index (χ1v) is 18.4. The molecule has 2 aromatic rings. The SMILES string of the molecule is CCCCCC(=O)Oc1c(C)c(C)cc2c1[C@H]1C3Cc4c(O)c(C)c5c(c4[C@H](CNC(=O)C(C)NC(=O)CCC)N3[C@@H](C#N)[C@H](C2)N1C)OCO5. The zero-order valence-corrected chi connectivity index (χ0v) is 30.9. The fraction of sp³-hybridized carbons (Fsp3) is 0.590. The van der Waals surface area contributed by atoms with E-state index in [1.165, 1.54) is 0 Å². The van der Waals surface area contributed by atoms with Crippen LogP contribution in [0.2, 0.25) is 0 Å². The van der Waals surface area contributed by atoms with E-state index in [9.17, 15) is 24.8 Å². The van der Waals surface area contributed by atoms with Gasteiger partial charge in [0.1, 0.15) is 23.6 Å². The number of hydrogen-bond donors (Lipinski definition) is 3. The van der Waals surface area contributed by atoms with Gasteiger partial charge in [-0.05, 0) is 77.1 Å². The first kappa shape index (κ1) is 36.5. The molecule has 4 aliphatic rings. The monoisotopic (exact) mass is 701 g/mol. The van der Waals surface area contributed by atoms with Crippen LogP contribution in [-0.4, -0.2) is 77.2 Å². The van der Waals surface area contributed by atoms with Crippen LogP contribution in [0.5, 0.6) is 23.0 Å². The molecule has 1 saturated heterocycles. The highest BCUT2D eigenvalue weighted by Gasteiger charge is 2.56. The maximum Gasteiger partial charge on any atom is 0.311 e. The highest BCUT2D eigenvalue weighted by atomic mass is 16.7. The molecule has 0 radical (unpaired) electrons. The van der Waals surface area contributed by atoms with Gasteiger partial charge < -0.3 is 30.0 Å². The Kier molecular flexibility index (Phi) is 10.5. The van der Waals surface area contributed by atoms with E-state index in [1.54, 1.807) is 13.8 Å². The minimum absolute atomic E-state index is 0.0102. The number of esters is 1. The lowest BCUT2D eigenvalue weighted by Crippen LogP contribution is -2.69. The van der Waals surface area contributed by atoms with Crippen molar-refractivity contribution in [3.05, 3.63) is 45.0 Å². The van der Waals surface area contributed by atoms with Crippen molar-refractivity contribution in [2.24, 2.45) is 0 Å². The van der Waals surface area contributed by atoms with Gasteiger partial charge in [0.2, 0.25) is 18.6 Å². The van der Waals surface area contributed by atoms with Crippen LogP contribution in [0.15, 0.2) is 6.07 Å². The van der Waals surface area contributed by atoms with Gasteiger partial charge in [-0.2, -0.15) is 5.26 Å². The van der Waals surface area contributed by atoms with E-state index in [1.807, 2.05) is 27.8 Å². The number of nitrogens with zero attached hydrogens (tertiary/aromatic N) is 3. The number of unbranched alkanes of at least 4 members (excludes halogenated alkanes) is 2. The Morgan fingerprint density at radius 3 is 2.49 bits per heavy atom. The normalized spacial score (nSPS) is 23.7. The van der Waals surface area contributed by atoms with Crippen LogP contribution in [0.3, 0.4) is 0 Å². The van der Waals surface area contributed by atoms with Crippen LogP contribution in [0.1, 0.15) is 110 Å². The summed E-state index contributed by atoms with van der Waals surface area (Å²) in [6.07, 6.45) is 4.97. The number of ether oxygens (including phenoxy) is 3. The third-order valence-corrected chi connectivity index (χ3v) is 11.4. The number of aryl methyl sites for hydroxylation is 1. The van der Waals surface area contributed by atoms with E-state index in [-0.39, 0.29) is 55.0 Å². The van der Waals surface area contributed by atoms with E-state index in [0.29, 0.717) is 66.0 Å². The number of hydrogen-bond acceptors (Lipinski definition) is 10. The second-order valence-electron chi connectivity index (χ2n) is 14.6. The van der Waals surface area contributed by atoms with Crippen molar-refractivity contribution in [1.29, 1.82) is 5.26 Å². The predicted molar refractivity (Wildman–Crippen MR) is 190 cm³/mol. The molecule has 4 heterocycles. The van der Waals surface area contributed by atoms with E-state index in [2.05, 4.69) is 39.5 Å². The molecular weight excluding hydrogens is 650 g/mol. The number of nitrogens with one attached hydrogen (secondary N) is 2. The lowest BCUT2D eigenvalue weighted by molar-refractivity contribution is -0.134. The number of fused-ring (bicyclic) bond motifs is 9. The largest absolute Gasteiger partial charge is 0.507 e. The molecule has 6 atom stereocenters. The Hall–Kier alpha value is -4.34. The Bertz CT molecular complexity index is 1770. The van der Waals surface area contributed by atoms with E-state index < -0.39 is 18.1 Å². The summed E-state index contributed by atoms with van der Waals surface area (Å²) in [6.45, 7) is 11.5. The van der Waals surface area contributed by atoms with Crippen LogP contribution in [0.4, 0.5) is 0 Å². The number of phenols is 1. The Morgan fingerprint density at radius 1 is 1.04 bits per heavy atom. The van der Waals surface area contributed by atoms with Crippen molar-refractivity contribution in [1.82, 2.24) is 20.4 Å². The van der Waals surface area contributed by atoms with Gasteiger partial charge in [0.15, 0.2) is 11.5 Å². The summed E-state index contributed by atoms with van der Waals surface area (Å²) in [4.78, 5) is 43.5. The fourth-order valence-corrected chi connectivity index (χ4v) is 8.66. The maximum absolute atomic E-state index is 13.5. The van der Waals surface area contributed by atoms with Crippen LogP contribution in [-0.2, 0) is 27.2 Å². The molecule has 2 aromatic carbocycles. The summed E-state index contributed by atoms with van der Waals surface area (Å²) >= 11 is 0. The van der Waals surface area contributed by atoms with Gasteiger partial charge in [-0.25, -0.2) is 0 Å². The highest BCUT2D eigenvalue weighted by Crippen LogP contribution is 2.57. The van der Waals surface area contributed by atoms with Gasteiger partial charge in [-0.1, -0.05) is 32.8 Å². The van der Waals surface area contributed by atoms with Gasteiger partial charge in [0, 0.05) is 53.7 Å². The lowest BCUT2D eigenvalue weighted by atomic mass is 9.71. The maximum atomic E-state index is 13.5. The standard InChI is InChI=1S/C39H51N5O7/c1-8-10-11-13-31(46)51-36-21(4)20(3)14-24-15-26-28(17-40)44-27(34(32(24)36)43(26)7)16-25-33(38-37(49-19-50-38)22(5)35(25)47)29(44)18-41-39(48)23(6)42-30(45)12-9-2/h14,23,26-29,34,47H,8-13,15-16,18-19H2,1-7H3,(H,41,48)(H,42,45)/t23?,26-,27?,28-,29-,34+/m0/s1. The number of rotatable bonds is 11. The van der Waals surface area contributed by atoms with Crippen LogP contribution < -0.4 is 24.8 Å². The van der Waals surface area contributed by atoms with Crippen molar-refractivity contribution >= 4 is 17.8 Å². The van der Waals surface area contributed by atoms with Crippen LogP contribution in [0.25, 0.3) is 0 Å². The van der Waals surface area contributed by atoms with Crippen molar-refractivity contribution < 1.29 is 33.7 Å². The number of benzene rings is 2. The third kappa shape index (κ3) is 6.40. The molecule has 1 fully saturated rings. The number of aromatic hydroxyl groups is 1. The smallest absolute Gasteiger partial charge is 0.311 e. The number of piperazine rings is 1. The molecule has 0 aliphatic carbocycles. The summed E-state index contributed by atoms with van der Waals surface area (Å²) in [6, 6.07) is 1.97. The van der Waals surface area contributed by atoms with Crippen molar-refractivity contribution in [2.75, 3.05) is 20.4 Å². The molecule has 51 heavy (non-hydrogen) atoms. The van der Waals surface area contributed by atoms with Gasteiger partial charge in [0.05, 0.1) is 18.2 Å². The third-order valence-electron chi connectivity index (χ3n) is 11.4. The fourth-order valence-electron chi connectivity index (χ4n) is 8.66. The second kappa shape index (κ2) is 14.7. The van der Waals surface area contributed by atoms with Crippen molar-refractivity contribution in [2.45, 2.75) is 129 Å². The molecule has 12 heteroatoms. The zero-order valence-electron chi connectivity index (χ0n) is 30.9. The Labute approximate surface area is 300 Å². The predicted octanol–water partition coefficient (Wildman–Crippen LogP) is 4.72. The molecule has 3 N–H and O–H groups in total. The average Bonchev–Trinajstić information content (AvgIpc) is 3.59. The first-order chi connectivity index (χ1) is 24.4. The van der Waals surface area contributed by atoms with Gasteiger partial charge in [0.25, 0.3) is 0 Å². The summed E-state index contributed by atoms with van der Waals surface area (Å²) in [5.74, 6) is 0.828. The van der Waals surface area contributed by atoms with E-state index in [0.717, 1.165) is 41.5 Å². The van der Waals surface area contributed by atoms with E-state index in [4.69, 9.17) is 14.2 Å². The summed E-state index contributed by atoms with van der Waals surface area (Å²) in [5, 5.41) is 28.5. The molecule has 2 bridgehead atoms. The van der Waals surface area contributed by atoms with Crippen LogP contribution >= 0.6 is 0 Å². The summed E-state index contributed by atoms with van der Waals surface area (Å²) in [7, 11) is 2.03. The van der Waals surface area contributed by atoms with Crippen LogP contribution in [0, 0.1) is 32.1 Å². The second-order valence-corrected chi connectivity index (χ2v) is 14.6. The van der Waals surface area contributed by atoms with Crippen molar-refractivity contribution in [3.63, 3.8) is 0 Å². The Morgan fingerprint density at radius 2 is 1.78 bits per heavy atom. The number of amides is 2. The molecule has 0 aromatic heterocycles. The molecule has 12 nitrogen and oxygen atoms in total. The molecule has 0 spiro atoms. The van der Waals surface area contributed by atoms with E-state index >= 15 is 0 Å². The summed E-state index contributed by atoms with van der Waals surface area (Å²) in [5.41, 5.74) is 5.85. The molecule has 6 rings (SSSR count). The highest BCUT2D eigenvalue weighted by molar-refractivity contribution is 5.87. The molecule has 274 valence electrons. The number of likely N-dealkylation sites (N-methyl/N-ethyl adjacent to an activating group) is 1. The molecule has 0 saturated carbocycles. The quantitative estimate of drug-likeness (QED) is 0.170. The lowest BCUT2D eigenvalue weighted by Gasteiger charge is -2.60. The van der Waals surface area contributed by atoms with Gasteiger partial charge in [-0.15, -0.1) is 0 Å². The first-order valence-electron chi connectivity index (χ1n) is 18.4. The average molecular weight is 702 g/mol. The molecule has 2 unspecified atom stereocenters. The minimum atomic E-state index is -0.772. The summed E-state index contributed by atoms with van der Waals surface area (Å²) < 4.78 is 18.2. The van der Waals surface area contributed by atoms with Gasteiger partial charge in [-0.3, -0.25) is 24.2 Å². The number of phenolic OH excluding ortho intramolecular Hbond substituents is 1. The number of carbonyl (C=O) groups is 3. The number of nitriles is 1. The topological polar surface area (TPSA) is 153 Å².